The molecule has 0 radical (unpaired) electrons. The van der Waals surface area contributed by atoms with Crippen LogP contribution in [-0.2, 0) is 6.18 Å². The Labute approximate surface area is 119 Å². The van der Waals surface area contributed by atoms with Crippen molar-refractivity contribution in [2.24, 2.45) is 0 Å². The van der Waals surface area contributed by atoms with Crippen LogP contribution in [0.3, 0.4) is 0 Å². The van der Waals surface area contributed by atoms with Gasteiger partial charge in [-0.2, -0.15) is 24.9 Å². The summed E-state index contributed by atoms with van der Waals surface area (Å²) in [7, 11) is 0. The van der Waals surface area contributed by atoms with Crippen LogP contribution in [0.2, 0.25) is 5.02 Å². The van der Waals surface area contributed by atoms with Crippen molar-refractivity contribution in [1.82, 2.24) is 0 Å². The smallest absolute Gasteiger partial charge is 0.380 e. The van der Waals surface area contributed by atoms with E-state index in [0.717, 1.165) is 24.7 Å². The zero-order chi connectivity index (χ0) is 14.0. The van der Waals surface area contributed by atoms with Gasteiger partial charge in [-0.1, -0.05) is 24.6 Å². The lowest BCUT2D eigenvalue weighted by Crippen LogP contribution is -2.33. The molecule has 1 nitrogen and oxygen atoms in total. The highest BCUT2D eigenvalue weighted by Crippen LogP contribution is 2.40. The lowest BCUT2D eigenvalue weighted by molar-refractivity contribution is -0.137. The van der Waals surface area contributed by atoms with Gasteiger partial charge in [-0.05, 0) is 30.7 Å². The van der Waals surface area contributed by atoms with E-state index in [2.05, 4.69) is 5.32 Å². The van der Waals surface area contributed by atoms with E-state index in [1.54, 1.807) is 11.8 Å². The van der Waals surface area contributed by atoms with Crippen molar-refractivity contribution in [1.29, 1.82) is 0 Å². The molecule has 0 aromatic heterocycles. The van der Waals surface area contributed by atoms with Crippen LogP contribution < -0.4 is 5.32 Å². The number of thioether (sulfide) groups is 1. The quantitative estimate of drug-likeness (QED) is 0.820. The van der Waals surface area contributed by atoms with Crippen LogP contribution >= 0.6 is 23.4 Å². The van der Waals surface area contributed by atoms with Gasteiger partial charge in [0.25, 0.3) is 0 Å². The Balaban J connectivity index is 2.28. The molecule has 0 amide bonds. The molecule has 1 aliphatic rings. The molecule has 2 rings (SSSR count). The first-order chi connectivity index (χ1) is 8.89. The second-order valence-corrected chi connectivity index (χ2v) is 6.52. The Morgan fingerprint density at radius 1 is 1.37 bits per heavy atom. The van der Waals surface area contributed by atoms with Gasteiger partial charge < -0.3 is 5.32 Å². The number of nitrogens with one attached hydrogen (secondary N) is 1. The topological polar surface area (TPSA) is 12.0 Å². The molecule has 1 saturated heterocycles. The van der Waals surface area contributed by atoms with Gasteiger partial charge >= 0.3 is 6.18 Å². The van der Waals surface area contributed by atoms with Gasteiger partial charge in [0, 0.05) is 11.3 Å². The van der Waals surface area contributed by atoms with Gasteiger partial charge in [-0.15, -0.1) is 0 Å². The zero-order valence-corrected chi connectivity index (χ0v) is 12.0. The summed E-state index contributed by atoms with van der Waals surface area (Å²) in [6.07, 6.45) is -2.51. The predicted molar refractivity (Wildman–Crippen MR) is 75.0 cm³/mol. The first-order valence-corrected chi connectivity index (χ1v) is 7.56. The van der Waals surface area contributed by atoms with Gasteiger partial charge in [-0.3, -0.25) is 0 Å². The van der Waals surface area contributed by atoms with E-state index in [-0.39, 0.29) is 22.0 Å². The molecular weight excluding hydrogens is 295 g/mol. The molecule has 6 heteroatoms. The molecule has 1 aromatic carbocycles. The molecule has 0 aliphatic carbocycles. The van der Waals surface area contributed by atoms with Crippen molar-refractivity contribution in [2.75, 3.05) is 11.1 Å². The van der Waals surface area contributed by atoms with Crippen molar-refractivity contribution >= 4 is 29.1 Å². The number of benzene rings is 1. The highest BCUT2D eigenvalue weighted by molar-refractivity contribution is 8.00. The predicted octanol–water partition coefficient (Wildman–Crippen LogP) is 5.05. The van der Waals surface area contributed by atoms with E-state index >= 15 is 0 Å². The van der Waals surface area contributed by atoms with E-state index in [1.807, 2.05) is 6.92 Å². The highest BCUT2D eigenvalue weighted by atomic mass is 35.5. The van der Waals surface area contributed by atoms with E-state index < -0.39 is 11.7 Å². The number of para-hydroxylation sites is 1. The van der Waals surface area contributed by atoms with Crippen LogP contribution in [0, 0.1) is 0 Å². The van der Waals surface area contributed by atoms with Gasteiger partial charge in [0.1, 0.15) is 0 Å². The summed E-state index contributed by atoms with van der Waals surface area (Å²) in [5.41, 5.74) is -0.682. The van der Waals surface area contributed by atoms with E-state index in [1.165, 1.54) is 12.1 Å². The Morgan fingerprint density at radius 3 is 2.74 bits per heavy atom. The molecule has 0 saturated carbocycles. The third-order valence-corrected chi connectivity index (χ3v) is 4.95. The summed E-state index contributed by atoms with van der Waals surface area (Å²) in [6.45, 7) is 2.03. The SMILES string of the molecule is CC1SCCCC1Nc1c(Cl)cccc1C(F)(F)F. The van der Waals surface area contributed by atoms with Gasteiger partial charge in [-0.25, -0.2) is 0 Å². The summed E-state index contributed by atoms with van der Waals surface area (Å²) in [5.74, 6) is 1.06. The van der Waals surface area contributed by atoms with Gasteiger partial charge in [0.2, 0.25) is 0 Å². The van der Waals surface area contributed by atoms with Crippen molar-refractivity contribution in [2.45, 2.75) is 37.2 Å². The molecule has 1 fully saturated rings. The summed E-state index contributed by atoms with van der Waals surface area (Å²) >= 11 is 7.71. The lowest BCUT2D eigenvalue weighted by atomic mass is 10.1. The second-order valence-electron chi connectivity index (χ2n) is 4.63. The Morgan fingerprint density at radius 2 is 2.11 bits per heavy atom. The maximum absolute atomic E-state index is 13.0. The van der Waals surface area contributed by atoms with Crippen molar-refractivity contribution < 1.29 is 13.2 Å². The number of anilines is 1. The van der Waals surface area contributed by atoms with Gasteiger partial charge in [0.15, 0.2) is 0 Å². The van der Waals surface area contributed by atoms with Crippen molar-refractivity contribution in [3.63, 3.8) is 0 Å². The first kappa shape index (κ1) is 14.9. The summed E-state index contributed by atoms with van der Waals surface area (Å²) in [5, 5.41) is 3.41. The van der Waals surface area contributed by atoms with Crippen LogP contribution in [0.25, 0.3) is 0 Å². The minimum Gasteiger partial charge on any atom is -0.380 e. The first-order valence-electron chi connectivity index (χ1n) is 6.13. The zero-order valence-electron chi connectivity index (χ0n) is 10.4. The maximum atomic E-state index is 13.0. The van der Waals surface area contributed by atoms with Crippen molar-refractivity contribution in [3.05, 3.63) is 28.8 Å². The minimum atomic E-state index is -4.39. The molecule has 106 valence electrons. The number of rotatable bonds is 2. The van der Waals surface area contributed by atoms with E-state index in [9.17, 15) is 13.2 Å². The monoisotopic (exact) mass is 309 g/mol. The van der Waals surface area contributed by atoms with Crippen LogP contribution in [-0.4, -0.2) is 17.0 Å². The number of hydrogen-bond acceptors (Lipinski definition) is 2. The van der Waals surface area contributed by atoms with E-state index in [0.29, 0.717) is 0 Å². The third-order valence-electron chi connectivity index (χ3n) is 3.26. The molecule has 2 atom stereocenters. The van der Waals surface area contributed by atoms with E-state index in [4.69, 9.17) is 11.6 Å². The molecule has 0 bridgehead atoms. The fourth-order valence-corrected chi connectivity index (χ4v) is 3.58. The second kappa shape index (κ2) is 5.83. The van der Waals surface area contributed by atoms with Crippen LogP contribution in [0.1, 0.15) is 25.3 Å². The van der Waals surface area contributed by atoms with Crippen LogP contribution in [0.5, 0.6) is 0 Å². The maximum Gasteiger partial charge on any atom is 0.418 e. The summed E-state index contributed by atoms with van der Waals surface area (Å²) < 4.78 is 38.9. The molecule has 0 spiro atoms. The largest absolute Gasteiger partial charge is 0.418 e. The number of halogens is 4. The fraction of sp³-hybridized carbons (Fsp3) is 0.538. The molecule has 2 unspecified atom stereocenters. The Kier molecular flexibility index (Phi) is 4.56. The van der Waals surface area contributed by atoms with Crippen LogP contribution in [0.15, 0.2) is 18.2 Å². The Bertz CT molecular complexity index is 450. The third kappa shape index (κ3) is 3.51. The normalized spacial score (nSPS) is 24.3. The number of hydrogen-bond donors (Lipinski definition) is 1. The lowest BCUT2D eigenvalue weighted by Gasteiger charge is -2.31. The molecule has 1 heterocycles. The Hall–Kier alpha value is -0.550. The summed E-state index contributed by atoms with van der Waals surface area (Å²) in [4.78, 5) is 0. The molecule has 1 N–H and O–H groups in total. The number of alkyl halides is 3. The summed E-state index contributed by atoms with van der Waals surface area (Å²) in [6, 6.07) is 3.91. The molecule has 1 aromatic rings. The standard InChI is InChI=1S/C13H15ClF3NS/c1-8-11(6-3-7-19-8)18-12-9(13(15,16)17)4-2-5-10(12)14/h2,4-5,8,11,18H,3,6-7H2,1H3. The van der Waals surface area contributed by atoms with Crippen molar-refractivity contribution in [3.8, 4) is 0 Å². The molecular formula is C13H15ClF3NS. The average Bonchev–Trinajstić information content (AvgIpc) is 2.33. The molecule has 1 aliphatic heterocycles. The minimum absolute atomic E-state index is 0.0102. The highest BCUT2D eigenvalue weighted by Gasteiger charge is 2.35. The average molecular weight is 310 g/mol. The van der Waals surface area contributed by atoms with Crippen LogP contribution in [0.4, 0.5) is 18.9 Å². The molecule has 19 heavy (non-hydrogen) atoms. The van der Waals surface area contributed by atoms with Gasteiger partial charge in [0.05, 0.1) is 16.3 Å². The fourth-order valence-electron chi connectivity index (χ4n) is 2.21.